The van der Waals surface area contributed by atoms with E-state index in [0.717, 1.165) is 44.5 Å². The molecule has 0 aliphatic carbocycles. The molecule has 0 saturated carbocycles. The molecule has 1 N–H and O–H groups in total. The minimum atomic E-state index is -1.20. The molecule has 5 rings (SSSR count). The van der Waals surface area contributed by atoms with E-state index >= 15 is 0 Å². The summed E-state index contributed by atoms with van der Waals surface area (Å²) in [6, 6.07) is 48.9. The number of aliphatic carboxylic acids is 1. The molecule has 38 heavy (non-hydrogen) atoms. The maximum atomic E-state index is 12.3. The van der Waals surface area contributed by atoms with Crippen LogP contribution in [0.3, 0.4) is 0 Å². The van der Waals surface area contributed by atoms with Crippen LogP contribution in [0.25, 0.3) is 11.1 Å². The fourth-order valence-electron chi connectivity index (χ4n) is 4.80. The Morgan fingerprint density at radius 1 is 0.526 bits per heavy atom. The van der Waals surface area contributed by atoms with E-state index in [1.165, 1.54) is 0 Å². The maximum Gasteiger partial charge on any atom is 0.325 e. The number of carboxylic acids is 1. The van der Waals surface area contributed by atoms with Gasteiger partial charge in [-0.1, -0.05) is 162 Å². The normalized spacial score (nSPS) is 12.3. The molecule has 1 unspecified atom stereocenters. The van der Waals surface area contributed by atoms with Crippen LogP contribution in [0.15, 0.2) is 146 Å². The topological polar surface area (TPSA) is 37.3 Å². The number of hydrogen-bond acceptors (Lipinski definition) is 1. The molecular formula is C35H27BrO2. The SMILES string of the molecule is O=C(O)C(Br)(Cc1ccc(C(=C(c2ccccc2)c2ccccc2)c2ccccc2)cc1)c1ccccc1. The Morgan fingerprint density at radius 3 is 1.24 bits per heavy atom. The van der Waals surface area contributed by atoms with Gasteiger partial charge < -0.3 is 5.11 Å². The van der Waals surface area contributed by atoms with Crippen molar-refractivity contribution in [3.8, 4) is 0 Å². The van der Waals surface area contributed by atoms with Gasteiger partial charge in [-0.3, -0.25) is 4.79 Å². The van der Waals surface area contributed by atoms with Crippen LogP contribution in [0.4, 0.5) is 0 Å². The molecule has 0 radical (unpaired) electrons. The zero-order chi connectivity index (χ0) is 26.4. The summed E-state index contributed by atoms with van der Waals surface area (Å²) in [6.45, 7) is 0. The van der Waals surface area contributed by atoms with E-state index in [0.29, 0.717) is 6.42 Å². The summed E-state index contributed by atoms with van der Waals surface area (Å²) >= 11 is 3.55. The largest absolute Gasteiger partial charge is 0.480 e. The highest BCUT2D eigenvalue weighted by atomic mass is 79.9. The monoisotopic (exact) mass is 558 g/mol. The van der Waals surface area contributed by atoms with Gasteiger partial charge in [0.2, 0.25) is 0 Å². The minimum Gasteiger partial charge on any atom is -0.480 e. The van der Waals surface area contributed by atoms with E-state index in [1.807, 2.05) is 60.7 Å². The summed E-state index contributed by atoms with van der Waals surface area (Å²) in [5, 5.41) is 10.1. The third-order valence-corrected chi connectivity index (χ3v) is 7.78. The number of carboxylic acid groups (broad SMARTS) is 1. The van der Waals surface area contributed by atoms with Crippen molar-refractivity contribution in [2.24, 2.45) is 0 Å². The predicted octanol–water partition coefficient (Wildman–Crippen LogP) is 8.61. The Kier molecular flexibility index (Phi) is 7.67. The first-order chi connectivity index (χ1) is 18.6. The molecule has 1 atom stereocenters. The van der Waals surface area contributed by atoms with Crippen molar-refractivity contribution in [1.82, 2.24) is 0 Å². The first-order valence-electron chi connectivity index (χ1n) is 12.5. The molecule has 2 nitrogen and oxygen atoms in total. The van der Waals surface area contributed by atoms with Crippen LogP contribution in [0.5, 0.6) is 0 Å². The van der Waals surface area contributed by atoms with E-state index in [2.05, 4.69) is 101 Å². The molecular weight excluding hydrogens is 532 g/mol. The van der Waals surface area contributed by atoms with Crippen LogP contribution in [-0.2, 0) is 15.5 Å². The van der Waals surface area contributed by atoms with Gasteiger partial charge >= 0.3 is 5.97 Å². The van der Waals surface area contributed by atoms with E-state index in [-0.39, 0.29) is 0 Å². The fraction of sp³-hybridized carbons (Fsp3) is 0.0571. The van der Waals surface area contributed by atoms with Crippen LogP contribution < -0.4 is 0 Å². The number of hydrogen-bond donors (Lipinski definition) is 1. The van der Waals surface area contributed by atoms with Crippen molar-refractivity contribution >= 4 is 33.0 Å². The van der Waals surface area contributed by atoms with Gasteiger partial charge in [0.05, 0.1) is 0 Å². The predicted molar refractivity (Wildman–Crippen MR) is 159 cm³/mol. The number of benzene rings is 5. The first kappa shape index (κ1) is 25.4. The van der Waals surface area contributed by atoms with Crippen LogP contribution in [0, 0.1) is 0 Å². The third-order valence-electron chi connectivity index (χ3n) is 6.70. The second kappa shape index (κ2) is 11.5. The van der Waals surface area contributed by atoms with E-state index in [4.69, 9.17) is 0 Å². The number of rotatable bonds is 8. The molecule has 5 aromatic carbocycles. The Hall–Kier alpha value is -4.21. The van der Waals surface area contributed by atoms with Gasteiger partial charge in [0.15, 0.2) is 4.32 Å². The number of alkyl halides is 1. The molecule has 0 saturated heterocycles. The van der Waals surface area contributed by atoms with Crippen LogP contribution in [0.1, 0.15) is 33.4 Å². The molecule has 0 bridgehead atoms. The molecule has 0 aliphatic rings. The van der Waals surface area contributed by atoms with Gasteiger partial charge in [-0.25, -0.2) is 0 Å². The molecule has 3 heteroatoms. The second-order valence-electron chi connectivity index (χ2n) is 9.19. The van der Waals surface area contributed by atoms with Gasteiger partial charge in [0.25, 0.3) is 0 Å². The molecule has 0 amide bonds. The second-order valence-corrected chi connectivity index (χ2v) is 10.5. The number of carbonyl (C=O) groups is 1. The standard InChI is InChI=1S/C35H27BrO2/c36-35(34(37)38,31-19-11-4-12-20-31)25-26-21-23-30(24-22-26)33(29-17-9-3-10-18-29)32(27-13-5-1-6-14-27)28-15-7-2-8-16-28/h1-24H,25H2,(H,37,38). The molecule has 0 aliphatic heterocycles. The van der Waals surface area contributed by atoms with Gasteiger partial charge in [-0.15, -0.1) is 0 Å². The van der Waals surface area contributed by atoms with Gasteiger partial charge in [-0.2, -0.15) is 0 Å². The van der Waals surface area contributed by atoms with Gasteiger partial charge in [0, 0.05) is 6.42 Å². The molecule has 0 fully saturated rings. The maximum absolute atomic E-state index is 12.3. The highest BCUT2D eigenvalue weighted by Crippen LogP contribution is 2.38. The molecule has 186 valence electrons. The first-order valence-corrected chi connectivity index (χ1v) is 13.3. The smallest absolute Gasteiger partial charge is 0.325 e. The Morgan fingerprint density at radius 2 is 0.868 bits per heavy atom. The lowest BCUT2D eigenvalue weighted by Gasteiger charge is -2.24. The van der Waals surface area contributed by atoms with Crippen LogP contribution >= 0.6 is 15.9 Å². The highest BCUT2D eigenvalue weighted by molar-refractivity contribution is 9.10. The van der Waals surface area contributed by atoms with Crippen molar-refractivity contribution < 1.29 is 9.90 Å². The summed E-state index contributed by atoms with van der Waals surface area (Å²) in [7, 11) is 0. The van der Waals surface area contributed by atoms with E-state index < -0.39 is 10.3 Å². The van der Waals surface area contributed by atoms with E-state index in [1.54, 1.807) is 0 Å². The molecule has 0 aromatic heterocycles. The van der Waals surface area contributed by atoms with Crippen molar-refractivity contribution in [3.05, 3.63) is 179 Å². The minimum absolute atomic E-state index is 0.321. The summed E-state index contributed by atoms with van der Waals surface area (Å²) in [4.78, 5) is 12.3. The van der Waals surface area contributed by atoms with Crippen molar-refractivity contribution in [2.75, 3.05) is 0 Å². The van der Waals surface area contributed by atoms with Gasteiger partial charge in [-0.05, 0) is 44.5 Å². The zero-order valence-electron chi connectivity index (χ0n) is 20.8. The molecule has 0 spiro atoms. The molecule has 5 aromatic rings. The van der Waals surface area contributed by atoms with Crippen molar-refractivity contribution in [2.45, 2.75) is 10.7 Å². The summed E-state index contributed by atoms with van der Waals surface area (Å²) in [5.74, 6) is -0.909. The average molecular weight is 560 g/mol. The number of halogens is 1. The third kappa shape index (κ3) is 5.39. The lowest BCUT2D eigenvalue weighted by molar-refractivity contribution is -0.139. The highest BCUT2D eigenvalue weighted by Gasteiger charge is 2.37. The summed E-state index contributed by atoms with van der Waals surface area (Å²) in [5.41, 5.74) is 8.38. The average Bonchev–Trinajstić information content (AvgIpc) is 2.98. The van der Waals surface area contributed by atoms with Crippen molar-refractivity contribution in [1.29, 1.82) is 0 Å². The quantitative estimate of drug-likeness (QED) is 0.153. The fourth-order valence-corrected chi connectivity index (χ4v) is 5.39. The zero-order valence-corrected chi connectivity index (χ0v) is 22.4. The Balaban J connectivity index is 1.64. The van der Waals surface area contributed by atoms with Crippen LogP contribution in [-0.4, -0.2) is 11.1 Å². The Labute approximate surface area is 232 Å². The van der Waals surface area contributed by atoms with Gasteiger partial charge in [0.1, 0.15) is 0 Å². The van der Waals surface area contributed by atoms with E-state index in [9.17, 15) is 9.90 Å². The lowest BCUT2D eigenvalue weighted by atomic mass is 9.85. The summed E-state index contributed by atoms with van der Waals surface area (Å²) < 4.78 is -1.20. The van der Waals surface area contributed by atoms with Crippen molar-refractivity contribution in [3.63, 3.8) is 0 Å². The Bertz CT molecular complexity index is 1490. The summed E-state index contributed by atoms with van der Waals surface area (Å²) in [6.07, 6.45) is 0.321. The molecule has 0 heterocycles. The van der Waals surface area contributed by atoms with Crippen LogP contribution in [0.2, 0.25) is 0 Å². The lowest BCUT2D eigenvalue weighted by Crippen LogP contribution is -2.31.